The van der Waals surface area contributed by atoms with Crippen LogP contribution in [0.15, 0.2) is 61.3 Å². The zero-order valence-corrected chi connectivity index (χ0v) is 17.7. The molecule has 1 aromatic carbocycles. The van der Waals surface area contributed by atoms with Gasteiger partial charge in [-0.1, -0.05) is 50.3 Å². The SMILES string of the molecule is C=CCN(CC(=O)N(Cc1cccn1C)CC(C)C)C(=O)NCc1ccccc1. The lowest BCUT2D eigenvalue weighted by Crippen LogP contribution is -2.47. The molecule has 1 N–H and O–H groups in total. The van der Waals surface area contributed by atoms with Crippen LogP contribution in [0.3, 0.4) is 0 Å². The second-order valence-corrected chi connectivity index (χ2v) is 7.59. The third kappa shape index (κ3) is 7.14. The predicted molar refractivity (Wildman–Crippen MR) is 116 cm³/mol. The Hall–Kier alpha value is -3.02. The van der Waals surface area contributed by atoms with Crippen molar-refractivity contribution < 1.29 is 9.59 Å². The molecule has 6 nitrogen and oxygen atoms in total. The van der Waals surface area contributed by atoms with Crippen molar-refractivity contribution in [3.05, 3.63) is 72.6 Å². The van der Waals surface area contributed by atoms with Gasteiger partial charge in [-0.05, 0) is 23.6 Å². The zero-order valence-electron chi connectivity index (χ0n) is 17.7. The van der Waals surface area contributed by atoms with Crippen LogP contribution in [0, 0.1) is 5.92 Å². The molecule has 0 radical (unpaired) electrons. The number of nitrogens with one attached hydrogen (secondary N) is 1. The van der Waals surface area contributed by atoms with Crippen LogP contribution in [-0.4, -0.2) is 45.9 Å². The van der Waals surface area contributed by atoms with Crippen LogP contribution in [0.5, 0.6) is 0 Å². The van der Waals surface area contributed by atoms with E-state index in [0.29, 0.717) is 32.1 Å². The molecule has 0 fully saturated rings. The maximum atomic E-state index is 13.0. The van der Waals surface area contributed by atoms with Crippen molar-refractivity contribution in [1.82, 2.24) is 19.7 Å². The topological polar surface area (TPSA) is 57.6 Å². The van der Waals surface area contributed by atoms with E-state index < -0.39 is 0 Å². The first-order valence-electron chi connectivity index (χ1n) is 9.96. The van der Waals surface area contributed by atoms with Gasteiger partial charge in [0.05, 0.1) is 6.54 Å². The average Bonchev–Trinajstić information content (AvgIpc) is 3.10. The van der Waals surface area contributed by atoms with E-state index in [9.17, 15) is 9.59 Å². The van der Waals surface area contributed by atoms with Gasteiger partial charge in [0, 0.05) is 38.6 Å². The fourth-order valence-corrected chi connectivity index (χ4v) is 3.08. The number of rotatable bonds is 10. The number of aromatic nitrogens is 1. The van der Waals surface area contributed by atoms with Gasteiger partial charge >= 0.3 is 6.03 Å². The molecular formula is C23H32N4O2. The van der Waals surface area contributed by atoms with E-state index in [1.807, 2.05) is 65.2 Å². The summed E-state index contributed by atoms with van der Waals surface area (Å²) in [4.78, 5) is 29.0. The number of hydrogen-bond donors (Lipinski definition) is 1. The molecule has 0 saturated heterocycles. The van der Waals surface area contributed by atoms with E-state index in [1.54, 1.807) is 6.08 Å². The van der Waals surface area contributed by atoms with Crippen molar-refractivity contribution in [3.8, 4) is 0 Å². The summed E-state index contributed by atoms with van der Waals surface area (Å²) in [7, 11) is 1.97. The van der Waals surface area contributed by atoms with Crippen LogP contribution >= 0.6 is 0 Å². The fourth-order valence-electron chi connectivity index (χ4n) is 3.08. The number of amides is 3. The number of nitrogens with zero attached hydrogens (tertiary/aromatic N) is 3. The van der Waals surface area contributed by atoms with Gasteiger partial charge < -0.3 is 19.7 Å². The van der Waals surface area contributed by atoms with Gasteiger partial charge in [0.1, 0.15) is 6.54 Å². The minimum atomic E-state index is -0.273. The summed E-state index contributed by atoms with van der Waals surface area (Å²) >= 11 is 0. The van der Waals surface area contributed by atoms with Crippen LogP contribution in [0.2, 0.25) is 0 Å². The molecule has 29 heavy (non-hydrogen) atoms. The number of carbonyl (C=O) groups excluding carboxylic acids is 2. The first-order chi connectivity index (χ1) is 13.9. The highest BCUT2D eigenvalue weighted by molar-refractivity contribution is 5.84. The molecule has 1 heterocycles. The Morgan fingerprint density at radius 1 is 1.14 bits per heavy atom. The molecule has 6 heteroatoms. The molecule has 2 aromatic rings. The lowest BCUT2D eigenvalue weighted by atomic mass is 10.2. The highest BCUT2D eigenvalue weighted by atomic mass is 16.2. The van der Waals surface area contributed by atoms with Crippen molar-refractivity contribution in [2.45, 2.75) is 26.9 Å². The monoisotopic (exact) mass is 396 g/mol. The molecule has 0 aliphatic heterocycles. The summed E-state index contributed by atoms with van der Waals surface area (Å²) < 4.78 is 2.01. The number of carbonyl (C=O) groups is 2. The Morgan fingerprint density at radius 3 is 2.45 bits per heavy atom. The highest BCUT2D eigenvalue weighted by Crippen LogP contribution is 2.09. The summed E-state index contributed by atoms with van der Waals surface area (Å²) in [5, 5.41) is 2.89. The van der Waals surface area contributed by atoms with Gasteiger partial charge in [0.15, 0.2) is 0 Å². The molecule has 3 amide bonds. The Kier molecular flexibility index (Phi) is 8.52. The molecule has 0 saturated carbocycles. The molecular weight excluding hydrogens is 364 g/mol. The van der Waals surface area contributed by atoms with Crippen molar-refractivity contribution in [2.75, 3.05) is 19.6 Å². The second-order valence-electron chi connectivity index (χ2n) is 7.59. The molecule has 2 rings (SSSR count). The predicted octanol–water partition coefficient (Wildman–Crippen LogP) is 3.41. The van der Waals surface area contributed by atoms with Crippen molar-refractivity contribution in [2.24, 2.45) is 13.0 Å². The van der Waals surface area contributed by atoms with Gasteiger partial charge in [-0.15, -0.1) is 6.58 Å². The number of aryl methyl sites for hydroxylation is 1. The zero-order chi connectivity index (χ0) is 21.2. The normalized spacial score (nSPS) is 10.6. The minimum absolute atomic E-state index is 0.0176. The van der Waals surface area contributed by atoms with Crippen LogP contribution < -0.4 is 5.32 Å². The summed E-state index contributed by atoms with van der Waals surface area (Å²) in [6.45, 7) is 9.79. The lowest BCUT2D eigenvalue weighted by Gasteiger charge is -2.28. The Balaban J connectivity index is 2.02. The third-order valence-electron chi connectivity index (χ3n) is 4.59. The first-order valence-corrected chi connectivity index (χ1v) is 9.96. The van der Waals surface area contributed by atoms with Crippen LogP contribution in [0.1, 0.15) is 25.1 Å². The van der Waals surface area contributed by atoms with E-state index in [2.05, 4.69) is 25.7 Å². The Morgan fingerprint density at radius 2 is 1.86 bits per heavy atom. The second kappa shape index (κ2) is 11.1. The van der Waals surface area contributed by atoms with Crippen molar-refractivity contribution in [1.29, 1.82) is 0 Å². The van der Waals surface area contributed by atoms with Crippen LogP contribution in [-0.2, 0) is 24.9 Å². The van der Waals surface area contributed by atoms with E-state index in [0.717, 1.165) is 11.3 Å². The largest absolute Gasteiger partial charge is 0.353 e. The summed E-state index contributed by atoms with van der Waals surface area (Å²) in [5.74, 6) is 0.260. The van der Waals surface area contributed by atoms with E-state index in [-0.39, 0.29) is 18.5 Å². The van der Waals surface area contributed by atoms with Gasteiger partial charge in [-0.25, -0.2) is 4.79 Å². The molecule has 0 unspecified atom stereocenters. The van der Waals surface area contributed by atoms with E-state index in [1.165, 1.54) is 4.90 Å². The molecule has 0 aliphatic carbocycles. The Labute approximate surface area is 173 Å². The van der Waals surface area contributed by atoms with Gasteiger partial charge in [-0.3, -0.25) is 4.79 Å². The summed E-state index contributed by atoms with van der Waals surface area (Å²) in [6.07, 6.45) is 3.60. The smallest absolute Gasteiger partial charge is 0.318 e. The standard InChI is InChI=1S/C23H32N4O2/c1-5-13-26(23(29)24-15-20-10-7-6-8-11-20)18-22(28)27(16-19(2)3)17-21-12-9-14-25(21)4/h5-12,14,19H,1,13,15-18H2,2-4H3,(H,24,29). The highest BCUT2D eigenvalue weighted by Gasteiger charge is 2.22. The van der Waals surface area contributed by atoms with E-state index >= 15 is 0 Å². The van der Waals surface area contributed by atoms with Crippen molar-refractivity contribution >= 4 is 11.9 Å². The number of benzene rings is 1. The molecule has 0 bridgehead atoms. The molecule has 156 valence electrons. The number of urea groups is 1. The van der Waals surface area contributed by atoms with Crippen LogP contribution in [0.25, 0.3) is 0 Å². The quantitative estimate of drug-likeness (QED) is 0.626. The summed E-state index contributed by atoms with van der Waals surface area (Å²) in [5.41, 5.74) is 2.07. The Bertz CT molecular complexity index is 798. The van der Waals surface area contributed by atoms with Crippen LogP contribution in [0.4, 0.5) is 4.79 Å². The van der Waals surface area contributed by atoms with Gasteiger partial charge in [0.2, 0.25) is 5.91 Å². The molecule has 1 aromatic heterocycles. The first kappa shape index (κ1) is 22.3. The van der Waals surface area contributed by atoms with Gasteiger partial charge in [-0.2, -0.15) is 0 Å². The van der Waals surface area contributed by atoms with E-state index in [4.69, 9.17) is 0 Å². The molecule has 0 atom stereocenters. The minimum Gasteiger partial charge on any atom is -0.353 e. The average molecular weight is 397 g/mol. The lowest BCUT2D eigenvalue weighted by molar-refractivity contribution is -0.133. The maximum Gasteiger partial charge on any atom is 0.318 e. The molecule has 0 spiro atoms. The molecule has 0 aliphatic rings. The van der Waals surface area contributed by atoms with Crippen molar-refractivity contribution in [3.63, 3.8) is 0 Å². The maximum absolute atomic E-state index is 13.0. The number of hydrogen-bond acceptors (Lipinski definition) is 2. The van der Waals surface area contributed by atoms with Gasteiger partial charge in [0.25, 0.3) is 0 Å². The fraction of sp³-hybridized carbons (Fsp3) is 0.391. The third-order valence-corrected chi connectivity index (χ3v) is 4.59. The summed E-state index contributed by atoms with van der Waals surface area (Å²) in [6, 6.07) is 13.4.